The molecule has 0 saturated carbocycles. The molecular formula is C20H17BrClN5O2S. The number of aromatic nitrogens is 2. The second kappa shape index (κ2) is 9.11. The molecule has 1 unspecified atom stereocenters. The van der Waals surface area contributed by atoms with Crippen molar-refractivity contribution in [2.45, 2.75) is 18.9 Å². The van der Waals surface area contributed by atoms with Gasteiger partial charge in [0.1, 0.15) is 11.0 Å². The van der Waals surface area contributed by atoms with Crippen molar-refractivity contribution < 1.29 is 9.59 Å². The summed E-state index contributed by atoms with van der Waals surface area (Å²) in [7, 11) is 0. The summed E-state index contributed by atoms with van der Waals surface area (Å²) in [5, 5.41) is 15.4. The third kappa shape index (κ3) is 4.80. The summed E-state index contributed by atoms with van der Waals surface area (Å²) in [4.78, 5) is 27.0. The predicted octanol–water partition coefficient (Wildman–Crippen LogP) is 5.26. The van der Waals surface area contributed by atoms with E-state index < -0.39 is 6.04 Å². The van der Waals surface area contributed by atoms with Gasteiger partial charge in [0.05, 0.1) is 0 Å². The summed E-state index contributed by atoms with van der Waals surface area (Å²) in [5.74, 6) is -0.273. The number of amides is 3. The number of likely N-dealkylation sites (tertiary alicyclic amines) is 1. The first-order chi connectivity index (χ1) is 14.5. The molecule has 154 valence electrons. The fourth-order valence-electron chi connectivity index (χ4n) is 3.24. The maximum atomic E-state index is 12.8. The number of rotatable bonds is 4. The van der Waals surface area contributed by atoms with E-state index in [0.717, 1.165) is 16.5 Å². The Kier molecular flexibility index (Phi) is 6.31. The van der Waals surface area contributed by atoms with E-state index in [0.29, 0.717) is 33.8 Å². The number of carbonyl (C=O) groups excluding carboxylic acids is 2. The molecule has 1 aliphatic heterocycles. The van der Waals surface area contributed by atoms with Crippen molar-refractivity contribution in [3.05, 3.63) is 58.0 Å². The fraction of sp³-hybridized carbons (Fsp3) is 0.200. The highest BCUT2D eigenvalue weighted by molar-refractivity contribution is 9.10. The van der Waals surface area contributed by atoms with Crippen molar-refractivity contribution in [3.63, 3.8) is 0 Å². The highest BCUT2D eigenvalue weighted by Crippen LogP contribution is 2.29. The SMILES string of the molecule is O=C(Nc1nnc(-c2cccc(Br)c2)s1)C1CCCN1C(=O)Nc1cccc(Cl)c1. The molecule has 0 aliphatic carbocycles. The Hall–Kier alpha value is -2.49. The van der Waals surface area contributed by atoms with Crippen LogP contribution in [0.1, 0.15) is 12.8 Å². The van der Waals surface area contributed by atoms with Crippen LogP contribution in [0, 0.1) is 0 Å². The number of halogens is 2. The van der Waals surface area contributed by atoms with Crippen molar-refractivity contribution in [1.29, 1.82) is 0 Å². The van der Waals surface area contributed by atoms with Gasteiger partial charge >= 0.3 is 6.03 Å². The van der Waals surface area contributed by atoms with Crippen molar-refractivity contribution >= 4 is 61.6 Å². The Morgan fingerprint density at radius 2 is 1.97 bits per heavy atom. The van der Waals surface area contributed by atoms with Gasteiger partial charge in [-0.1, -0.05) is 57.1 Å². The standard InChI is InChI=1S/C20H17BrClN5O2S/c21-13-5-1-4-12(10-13)18-25-26-19(30-18)24-17(28)16-8-3-9-27(16)20(29)23-15-7-2-6-14(22)11-15/h1-2,4-7,10-11,16H,3,8-9H2,(H,23,29)(H,24,26,28). The molecule has 30 heavy (non-hydrogen) atoms. The molecule has 0 radical (unpaired) electrons. The summed E-state index contributed by atoms with van der Waals surface area (Å²) in [6.45, 7) is 0.504. The number of hydrogen-bond donors (Lipinski definition) is 2. The van der Waals surface area contributed by atoms with Crippen LogP contribution in [0.2, 0.25) is 5.02 Å². The van der Waals surface area contributed by atoms with Crippen LogP contribution in [0.3, 0.4) is 0 Å². The molecule has 0 bridgehead atoms. The number of urea groups is 1. The van der Waals surface area contributed by atoms with Crippen molar-refractivity contribution in [3.8, 4) is 10.6 Å². The Balaban J connectivity index is 1.42. The molecule has 2 heterocycles. The Labute approximate surface area is 190 Å². The third-order valence-electron chi connectivity index (χ3n) is 4.62. The highest BCUT2D eigenvalue weighted by atomic mass is 79.9. The maximum Gasteiger partial charge on any atom is 0.322 e. The first-order valence-electron chi connectivity index (χ1n) is 9.23. The van der Waals surface area contributed by atoms with E-state index >= 15 is 0 Å². The highest BCUT2D eigenvalue weighted by Gasteiger charge is 2.34. The van der Waals surface area contributed by atoms with Crippen molar-refractivity contribution in [1.82, 2.24) is 15.1 Å². The minimum absolute atomic E-state index is 0.273. The van der Waals surface area contributed by atoms with Gasteiger partial charge in [0, 0.05) is 27.3 Å². The van der Waals surface area contributed by atoms with E-state index in [1.54, 1.807) is 24.3 Å². The summed E-state index contributed by atoms with van der Waals surface area (Å²) >= 11 is 10.7. The fourth-order valence-corrected chi connectivity index (χ4v) is 4.58. The first-order valence-corrected chi connectivity index (χ1v) is 11.2. The second-order valence-electron chi connectivity index (χ2n) is 6.70. The number of nitrogens with one attached hydrogen (secondary N) is 2. The monoisotopic (exact) mass is 505 g/mol. The van der Waals surface area contributed by atoms with Gasteiger partial charge in [0.25, 0.3) is 0 Å². The van der Waals surface area contributed by atoms with Crippen LogP contribution in [0.25, 0.3) is 10.6 Å². The quantitative estimate of drug-likeness (QED) is 0.505. The molecule has 0 spiro atoms. The number of benzene rings is 2. The molecule has 3 aromatic rings. The minimum atomic E-state index is -0.567. The van der Waals surface area contributed by atoms with Gasteiger partial charge in [-0.3, -0.25) is 10.1 Å². The van der Waals surface area contributed by atoms with Crippen LogP contribution >= 0.6 is 38.9 Å². The van der Waals surface area contributed by atoms with Crippen LogP contribution in [0.15, 0.2) is 53.0 Å². The van der Waals surface area contributed by atoms with Crippen LogP contribution in [0.5, 0.6) is 0 Å². The van der Waals surface area contributed by atoms with E-state index in [2.05, 4.69) is 36.8 Å². The van der Waals surface area contributed by atoms with E-state index in [1.165, 1.54) is 16.2 Å². The number of carbonyl (C=O) groups is 2. The molecule has 7 nitrogen and oxygen atoms in total. The average molecular weight is 507 g/mol. The molecule has 1 fully saturated rings. The lowest BCUT2D eigenvalue weighted by atomic mass is 10.2. The lowest BCUT2D eigenvalue weighted by Gasteiger charge is -2.23. The smallest absolute Gasteiger partial charge is 0.312 e. The zero-order chi connectivity index (χ0) is 21.1. The Bertz CT molecular complexity index is 1090. The molecule has 3 amide bonds. The normalized spacial score (nSPS) is 15.8. The summed E-state index contributed by atoms with van der Waals surface area (Å²) in [5.41, 5.74) is 1.49. The zero-order valence-corrected chi connectivity index (χ0v) is 18.8. The Morgan fingerprint density at radius 1 is 1.13 bits per heavy atom. The predicted molar refractivity (Wildman–Crippen MR) is 122 cm³/mol. The lowest BCUT2D eigenvalue weighted by molar-refractivity contribution is -0.119. The van der Waals surface area contributed by atoms with Gasteiger partial charge in [-0.05, 0) is 43.2 Å². The first kappa shape index (κ1) is 20.8. The van der Waals surface area contributed by atoms with Gasteiger partial charge in [0.15, 0.2) is 0 Å². The zero-order valence-electron chi connectivity index (χ0n) is 15.6. The van der Waals surface area contributed by atoms with E-state index in [4.69, 9.17) is 11.6 Å². The van der Waals surface area contributed by atoms with Gasteiger partial charge in [-0.2, -0.15) is 0 Å². The Morgan fingerprint density at radius 3 is 2.77 bits per heavy atom. The number of nitrogens with zero attached hydrogens (tertiary/aromatic N) is 3. The molecule has 2 N–H and O–H groups in total. The minimum Gasteiger partial charge on any atom is -0.312 e. The largest absolute Gasteiger partial charge is 0.322 e. The van der Waals surface area contributed by atoms with Crippen molar-refractivity contribution in [2.24, 2.45) is 0 Å². The molecular weight excluding hydrogens is 490 g/mol. The molecule has 1 saturated heterocycles. The van der Waals surface area contributed by atoms with Gasteiger partial charge in [-0.25, -0.2) is 4.79 Å². The summed E-state index contributed by atoms with van der Waals surface area (Å²) in [6, 6.07) is 13.7. The lowest BCUT2D eigenvalue weighted by Crippen LogP contribution is -2.45. The topological polar surface area (TPSA) is 87.2 Å². The van der Waals surface area contributed by atoms with E-state index in [-0.39, 0.29) is 11.9 Å². The number of anilines is 2. The molecule has 1 aromatic heterocycles. The summed E-state index contributed by atoms with van der Waals surface area (Å²) in [6.07, 6.45) is 1.34. The van der Waals surface area contributed by atoms with E-state index in [9.17, 15) is 9.59 Å². The molecule has 1 aliphatic rings. The van der Waals surface area contributed by atoms with Gasteiger partial charge < -0.3 is 10.2 Å². The van der Waals surface area contributed by atoms with Crippen LogP contribution < -0.4 is 10.6 Å². The number of hydrogen-bond acceptors (Lipinski definition) is 5. The van der Waals surface area contributed by atoms with Crippen LogP contribution in [-0.4, -0.2) is 39.6 Å². The third-order valence-corrected chi connectivity index (χ3v) is 6.24. The molecule has 10 heteroatoms. The summed E-state index contributed by atoms with van der Waals surface area (Å²) < 4.78 is 0.938. The molecule has 2 aromatic carbocycles. The van der Waals surface area contributed by atoms with Crippen molar-refractivity contribution in [2.75, 3.05) is 17.2 Å². The molecule has 4 rings (SSSR count). The molecule has 1 atom stereocenters. The average Bonchev–Trinajstić information content (AvgIpc) is 3.38. The van der Waals surface area contributed by atoms with E-state index in [1.807, 2.05) is 24.3 Å². The van der Waals surface area contributed by atoms with Crippen LogP contribution in [0.4, 0.5) is 15.6 Å². The van der Waals surface area contributed by atoms with Gasteiger partial charge in [-0.15, -0.1) is 10.2 Å². The second-order valence-corrected chi connectivity index (χ2v) is 9.03. The maximum absolute atomic E-state index is 12.8. The van der Waals surface area contributed by atoms with Crippen LogP contribution in [-0.2, 0) is 4.79 Å². The van der Waals surface area contributed by atoms with Gasteiger partial charge in [0.2, 0.25) is 11.0 Å².